The van der Waals surface area contributed by atoms with E-state index in [1.807, 2.05) is 0 Å². The second-order valence-electron chi connectivity index (χ2n) is 5.28. The Bertz CT molecular complexity index is 409. The van der Waals surface area contributed by atoms with Gasteiger partial charge in [-0.25, -0.2) is 0 Å². The number of hydrogen-bond donors (Lipinski definition) is 1. The van der Waals surface area contributed by atoms with E-state index >= 15 is 0 Å². The maximum Gasteiger partial charge on any atom is 0.123 e. The SMILES string of the molecule is CCC12CC(C[C@H](N)C1)c1ccccc1O2.Cl. The lowest BCUT2D eigenvalue weighted by Crippen LogP contribution is -2.50. The Balaban J connectivity index is 0.00000108. The van der Waals surface area contributed by atoms with Crippen LogP contribution in [-0.2, 0) is 0 Å². The molecule has 2 unspecified atom stereocenters. The van der Waals surface area contributed by atoms with E-state index in [1.54, 1.807) is 0 Å². The van der Waals surface area contributed by atoms with Crippen molar-refractivity contribution < 1.29 is 4.74 Å². The molecule has 1 aromatic rings. The molecule has 1 fully saturated rings. The summed E-state index contributed by atoms with van der Waals surface area (Å²) < 4.78 is 6.23. The lowest BCUT2D eigenvalue weighted by Gasteiger charge is -2.47. The summed E-state index contributed by atoms with van der Waals surface area (Å²) in [5, 5.41) is 0. The Morgan fingerprint density at radius 1 is 1.35 bits per heavy atom. The highest BCUT2D eigenvalue weighted by atomic mass is 35.5. The molecule has 3 atom stereocenters. The molecule has 2 nitrogen and oxygen atoms in total. The van der Waals surface area contributed by atoms with Crippen molar-refractivity contribution in [3.8, 4) is 5.75 Å². The lowest BCUT2D eigenvalue weighted by molar-refractivity contribution is -0.00599. The minimum atomic E-state index is 0. The molecule has 1 aromatic carbocycles. The molecule has 2 aliphatic rings. The molecule has 1 heterocycles. The summed E-state index contributed by atoms with van der Waals surface area (Å²) in [4.78, 5) is 0. The molecule has 3 rings (SSSR count). The maximum absolute atomic E-state index is 6.23. The van der Waals surface area contributed by atoms with E-state index in [0.717, 1.165) is 31.4 Å². The molecule has 0 aromatic heterocycles. The smallest absolute Gasteiger partial charge is 0.123 e. The average Bonchev–Trinajstić information content (AvgIpc) is 2.28. The summed E-state index contributed by atoms with van der Waals surface area (Å²) in [6, 6.07) is 8.75. The highest BCUT2D eigenvalue weighted by Crippen LogP contribution is 2.49. The summed E-state index contributed by atoms with van der Waals surface area (Å²) in [7, 11) is 0. The molecule has 0 radical (unpaired) electrons. The Morgan fingerprint density at radius 3 is 2.88 bits per heavy atom. The summed E-state index contributed by atoms with van der Waals surface area (Å²) in [6.07, 6.45) is 4.33. The molecule has 0 amide bonds. The fourth-order valence-corrected chi connectivity index (χ4v) is 3.37. The van der Waals surface area contributed by atoms with Gasteiger partial charge >= 0.3 is 0 Å². The highest BCUT2D eigenvalue weighted by molar-refractivity contribution is 5.85. The van der Waals surface area contributed by atoms with Gasteiger partial charge in [-0.1, -0.05) is 25.1 Å². The average molecular weight is 254 g/mol. The molecule has 94 valence electrons. The fraction of sp³-hybridized carbons (Fsp3) is 0.571. The van der Waals surface area contributed by atoms with Gasteiger partial charge in [0.05, 0.1) is 0 Å². The van der Waals surface area contributed by atoms with Gasteiger partial charge in [0, 0.05) is 12.5 Å². The van der Waals surface area contributed by atoms with Crippen LogP contribution in [0.3, 0.4) is 0 Å². The van der Waals surface area contributed by atoms with Crippen LogP contribution in [0.2, 0.25) is 0 Å². The minimum absolute atomic E-state index is 0. The Hall–Kier alpha value is -0.730. The predicted molar refractivity (Wildman–Crippen MR) is 71.9 cm³/mol. The molecule has 3 heteroatoms. The molecule has 17 heavy (non-hydrogen) atoms. The zero-order valence-electron chi connectivity index (χ0n) is 10.2. The second kappa shape index (κ2) is 4.51. The van der Waals surface area contributed by atoms with Gasteiger partial charge in [0.1, 0.15) is 11.4 Å². The van der Waals surface area contributed by atoms with Crippen LogP contribution in [0.4, 0.5) is 0 Å². The van der Waals surface area contributed by atoms with E-state index in [1.165, 1.54) is 5.56 Å². The molecular formula is C14H20ClNO. The van der Waals surface area contributed by atoms with E-state index in [2.05, 4.69) is 31.2 Å². The van der Waals surface area contributed by atoms with Crippen molar-refractivity contribution in [3.05, 3.63) is 29.8 Å². The van der Waals surface area contributed by atoms with Crippen molar-refractivity contribution in [2.45, 2.75) is 50.2 Å². The topological polar surface area (TPSA) is 35.2 Å². The number of benzene rings is 1. The number of halogens is 1. The molecule has 1 saturated carbocycles. The number of fused-ring (bicyclic) bond motifs is 4. The molecule has 1 aliphatic carbocycles. The summed E-state index contributed by atoms with van der Waals surface area (Å²) in [5.74, 6) is 1.70. The summed E-state index contributed by atoms with van der Waals surface area (Å²) >= 11 is 0. The van der Waals surface area contributed by atoms with E-state index in [-0.39, 0.29) is 18.0 Å². The van der Waals surface area contributed by atoms with Gasteiger partial charge in [-0.3, -0.25) is 0 Å². The third kappa shape index (κ3) is 2.04. The molecule has 0 spiro atoms. The Kier molecular flexibility index (Phi) is 3.37. The van der Waals surface area contributed by atoms with Crippen molar-refractivity contribution in [1.29, 1.82) is 0 Å². The highest BCUT2D eigenvalue weighted by Gasteiger charge is 2.44. The van der Waals surface area contributed by atoms with Gasteiger partial charge < -0.3 is 10.5 Å². The number of para-hydroxylation sites is 1. The third-order valence-electron chi connectivity index (χ3n) is 4.17. The first-order chi connectivity index (χ1) is 7.72. The fourth-order valence-electron chi connectivity index (χ4n) is 3.37. The standard InChI is InChI=1S/C14H19NO.ClH/c1-2-14-8-10(7-11(15)9-14)12-5-3-4-6-13(12)16-14;/h3-6,10-11H,2,7-9,15H2,1H3;1H/t10?,11-,14?;/m0./s1. The third-order valence-corrected chi connectivity index (χ3v) is 4.17. The van der Waals surface area contributed by atoms with Crippen molar-refractivity contribution in [1.82, 2.24) is 0 Å². The van der Waals surface area contributed by atoms with Gasteiger partial charge in [-0.2, -0.15) is 0 Å². The zero-order valence-corrected chi connectivity index (χ0v) is 11.0. The van der Waals surface area contributed by atoms with E-state index in [9.17, 15) is 0 Å². The van der Waals surface area contributed by atoms with Crippen LogP contribution in [0.15, 0.2) is 24.3 Å². The first kappa shape index (κ1) is 12.7. The zero-order chi connectivity index (χ0) is 11.2. The summed E-state index contributed by atoms with van der Waals surface area (Å²) in [5.41, 5.74) is 7.54. The number of hydrogen-bond acceptors (Lipinski definition) is 2. The molecule has 2 bridgehead atoms. The minimum Gasteiger partial charge on any atom is -0.487 e. The van der Waals surface area contributed by atoms with Crippen LogP contribution in [0.5, 0.6) is 5.75 Å². The van der Waals surface area contributed by atoms with Crippen molar-refractivity contribution >= 4 is 12.4 Å². The van der Waals surface area contributed by atoms with Crippen molar-refractivity contribution in [2.24, 2.45) is 5.73 Å². The number of nitrogens with two attached hydrogens (primary N) is 1. The molecule has 2 N–H and O–H groups in total. The largest absolute Gasteiger partial charge is 0.487 e. The van der Waals surface area contributed by atoms with Crippen LogP contribution >= 0.6 is 12.4 Å². The van der Waals surface area contributed by atoms with E-state index in [4.69, 9.17) is 10.5 Å². The van der Waals surface area contributed by atoms with Crippen molar-refractivity contribution in [2.75, 3.05) is 0 Å². The van der Waals surface area contributed by atoms with Crippen LogP contribution in [0, 0.1) is 0 Å². The van der Waals surface area contributed by atoms with Crippen LogP contribution < -0.4 is 10.5 Å². The number of ether oxygens (including phenoxy) is 1. The van der Waals surface area contributed by atoms with Gasteiger partial charge in [-0.15, -0.1) is 12.4 Å². The van der Waals surface area contributed by atoms with Crippen molar-refractivity contribution in [3.63, 3.8) is 0 Å². The maximum atomic E-state index is 6.23. The van der Waals surface area contributed by atoms with Gasteiger partial charge in [0.2, 0.25) is 0 Å². The van der Waals surface area contributed by atoms with Crippen LogP contribution in [-0.4, -0.2) is 11.6 Å². The molecular weight excluding hydrogens is 234 g/mol. The van der Waals surface area contributed by atoms with E-state index < -0.39 is 0 Å². The molecule has 1 aliphatic heterocycles. The molecule has 0 saturated heterocycles. The monoisotopic (exact) mass is 253 g/mol. The number of rotatable bonds is 1. The van der Waals surface area contributed by atoms with Gasteiger partial charge in [0.15, 0.2) is 0 Å². The first-order valence-corrected chi connectivity index (χ1v) is 6.26. The van der Waals surface area contributed by atoms with Gasteiger partial charge in [0.25, 0.3) is 0 Å². The van der Waals surface area contributed by atoms with Crippen LogP contribution in [0.1, 0.15) is 44.1 Å². The van der Waals surface area contributed by atoms with Gasteiger partial charge in [-0.05, 0) is 36.8 Å². The lowest BCUT2D eigenvalue weighted by atomic mass is 9.70. The quantitative estimate of drug-likeness (QED) is 0.834. The Labute approximate surface area is 109 Å². The van der Waals surface area contributed by atoms with Crippen LogP contribution in [0.25, 0.3) is 0 Å². The second-order valence-corrected chi connectivity index (χ2v) is 5.28. The Morgan fingerprint density at radius 2 is 2.12 bits per heavy atom. The predicted octanol–water partition coefficient (Wildman–Crippen LogP) is 3.24. The summed E-state index contributed by atoms with van der Waals surface area (Å²) in [6.45, 7) is 2.21. The first-order valence-electron chi connectivity index (χ1n) is 6.26. The normalized spacial score (nSPS) is 34.2. The van der Waals surface area contributed by atoms with E-state index in [0.29, 0.717) is 12.0 Å².